The molecule has 1 aromatic heterocycles. The van der Waals surface area contributed by atoms with Crippen LogP contribution in [0.25, 0.3) is 0 Å². The molecule has 2 aromatic carbocycles. The van der Waals surface area contributed by atoms with Gasteiger partial charge >= 0.3 is 0 Å². The average molecular weight is 382 g/mol. The van der Waals surface area contributed by atoms with Gasteiger partial charge in [-0.1, -0.05) is 49.0 Å². The van der Waals surface area contributed by atoms with Crippen LogP contribution in [-0.4, -0.2) is 28.5 Å². The minimum Gasteiger partial charge on any atom is -0.454 e. The molecular formula is C20H18N2O4S. The Hall–Kier alpha value is -2.80. The van der Waals surface area contributed by atoms with Gasteiger partial charge in [0.25, 0.3) is 5.22 Å². The van der Waals surface area contributed by atoms with Gasteiger partial charge in [-0.2, -0.15) is 0 Å². The number of Topliss-reactive ketones (excluding diaryl/α,β-unsaturated/α-hetero) is 1. The van der Waals surface area contributed by atoms with Crippen LogP contribution in [0.3, 0.4) is 0 Å². The Balaban J connectivity index is 1.33. The fraction of sp³-hybridized carbons (Fsp3) is 0.250. The summed E-state index contributed by atoms with van der Waals surface area (Å²) >= 11 is 1.24. The van der Waals surface area contributed by atoms with Crippen molar-refractivity contribution in [3.63, 3.8) is 0 Å². The highest BCUT2D eigenvalue weighted by Crippen LogP contribution is 2.33. The predicted molar refractivity (Wildman–Crippen MR) is 100 cm³/mol. The van der Waals surface area contributed by atoms with Crippen LogP contribution in [0.1, 0.15) is 34.7 Å². The number of fused-ring (bicyclic) bond motifs is 1. The molecule has 1 unspecified atom stereocenters. The third kappa shape index (κ3) is 4.14. The van der Waals surface area contributed by atoms with Gasteiger partial charge in [0.15, 0.2) is 17.3 Å². The van der Waals surface area contributed by atoms with E-state index in [4.69, 9.17) is 13.9 Å². The molecule has 7 heteroatoms. The smallest absolute Gasteiger partial charge is 0.277 e. The van der Waals surface area contributed by atoms with Crippen molar-refractivity contribution in [2.75, 3.05) is 12.5 Å². The number of hydrogen-bond donors (Lipinski definition) is 0. The highest BCUT2D eigenvalue weighted by Gasteiger charge is 2.18. The second kappa shape index (κ2) is 7.84. The SMILES string of the molecule is CC(Cc1nnc(SCC(=O)c2ccc3c(c2)OCO3)o1)c1ccccc1. The molecule has 0 bridgehead atoms. The van der Waals surface area contributed by atoms with Crippen molar-refractivity contribution in [1.82, 2.24) is 10.2 Å². The van der Waals surface area contributed by atoms with E-state index in [2.05, 4.69) is 29.3 Å². The standard InChI is InChI=1S/C20H18N2O4S/c1-13(14-5-3-2-4-6-14)9-19-21-22-20(26-19)27-11-16(23)15-7-8-17-18(10-15)25-12-24-17/h2-8,10,13H,9,11-12H2,1H3. The summed E-state index contributed by atoms with van der Waals surface area (Å²) in [6, 6.07) is 15.4. The van der Waals surface area contributed by atoms with Crippen molar-refractivity contribution in [2.45, 2.75) is 24.5 Å². The number of ether oxygens (including phenoxy) is 2. The van der Waals surface area contributed by atoms with Crippen LogP contribution in [0, 0.1) is 0 Å². The summed E-state index contributed by atoms with van der Waals surface area (Å²) in [6.07, 6.45) is 0.660. The largest absolute Gasteiger partial charge is 0.454 e. The third-order valence-corrected chi connectivity index (χ3v) is 5.14. The van der Waals surface area contributed by atoms with Gasteiger partial charge in [0.2, 0.25) is 12.7 Å². The van der Waals surface area contributed by atoms with E-state index in [1.807, 2.05) is 18.2 Å². The predicted octanol–water partition coefficient (Wildman–Crippen LogP) is 4.12. The zero-order chi connectivity index (χ0) is 18.6. The molecule has 0 saturated heterocycles. The van der Waals surface area contributed by atoms with Gasteiger partial charge in [-0.05, 0) is 29.7 Å². The lowest BCUT2D eigenvalue weighted by molar-refractivity contribution is 0.102. The van der Waals surface area contributed by atoms with E-state index in [0.717, 1.165) is 0 Å². The minimum absolute atomic E-state index is 0.0318. The van der Waals surface area contributed by atoms with Crippen LogP contribution >= 0.6 is 11.8 Å². The first-order valence-electron chi connectivity index (χ1n) is 8.62. The van der Waals surface area contributed by atoms with Crippen molar-refractivity contribution >= 4 is 17.5 Å². The molecule has 0 fully saturated rings. The number of aromatic nitrogens is 2. The summed E-state index contributed by atoms with van der Waals surface area (Å²) in [7, 11) is 0. The quantitative estimate of drug-likeness (QED) is 0.449. The molecule has 0 radical (unpaired) electrons. The Labute approximate surface area is 160 Å². The molecule has 6 nitrogen and oxygen atoms in total. The number of nitrogens with zero attached hydrogens (tertiary/aromatic N) is 2. The molecule has 1 aliphatic rings. The Morgan fingerprint density at radius 3 is 2.78 bits per heavy atom. The van der Waals surface area contributed by atoms with Crippen LogP contribution < -0.4 is 9.47 Å². The van der Waals surface area contributed by atoms with E-state index in [0.29, 0.717) is 34.6 Å². The monoisotopic (exact) mass is 382 g/mol. The van der Waals surface area contributed by atoms with Crippen LogP contribution in [-0.2, 0) is 6.42 Å². The molecule has 0 N–H and O–H groups in total. The average Bonchev–Trinajstić information content (AvgIpc) is 3.35. The Morgan fingerprint density at radius 1 is 1.11 bits per heavy atom. The number of rotatable bonds is 7. The molecule has 1 aliphatic heterocycles. The number of ketones is 1. The molecule has 1 atom stereocenters. The number of carbonyl (C=O) groups is 1. The molecule has 3 aromatic rings. The second-order valence-electron chi connectivity index (χ2n) is 6.26. The lowest BCUT2D eigenvalue weighted by Crippen LogP contribution is -2.02. The fourth-order valence-electron chi connectivity index (χ4n) is 2.82. The molecule has 4 rings (SSSR count). The minimum atomic E-state index is -0.0318. The van der Waals surface area contributed by atoms with Crippen molar-refractivity contribution < 1.29 is 18.7 Å². The van der Waals surface area contributed by atoms with Crippen LogP contribution in [0.2, 0.25) is 0 Å². The molecule has 27 heavy (non-hydrogen) atoms. The molecule has 0 saturated carbocycles. The van der Waals surface area contributed by atoms with E-state index >= 15 is 0 Å². The van der Waals surface area contributed by atoms with Crippen molar-refractivity contribution in [1.29, 1.82) is 0 Å². The number of carbonyl (C=O) groups excluding carboxylic acids is 1. The van der Waals surface area contributed by atoms with Gasteiger partial charge < -0.3 is 13.9 Å². The second-order valence-corrected chi connectivity index (χ2v) is 7.18. The highest BCUT2D eigenvalue weighted by molar-refractivity contribution is 7.99. The zero-order valence-electron chi connectivity index (χ0n) is 14.8. The summed E-state index contributed by atoms with van der Waals surface area (Å²) in [5.41, 5.74) is 1.80. The maximum absolute atomic E-state index is 12.4. The molecule has 0 aliphatic carbocycles. The third-order valence-electron chi connectivity index (χ3n) is 4.32. The van der Waals surface area contributed by atoms with Gasteiger partial charge in [0.1, 0.15) is 0 Å². The molecule has 0 amide bonds. The van der Waals surface area contributed by atoms with Crippen molar-refractivity contribution in [3.05, 3.63) is 65.5 Å². The summed E-state index contributed by atoms with van der Waals surface area (Å²) < 4.78 is 16.2. The zero-order valence-corrected chi connectivity index (χ0v) is 15.6. The molecular weight excluding hydrogens is 364 g/mol. The number of hydrogen-bond acceptors (Lipinski definition) is 7. The summed E-state index contributed by atoms with van der Waals surface area (Å²) in [5, 5.41) is 8.53. The van der Waals surface area contributed by atoms with E-state index < -0.39 is 0 Å². The molecule has 0 spiro atoms. The summed E-state index contributed by atoms with van der Waals surface area (Å²) in [6.45, 7) is 2.31. The summed E-state index contributed by atoms with van der Waals surface area (Å²) in [4.78, 5) is 12.4. The van der Waals surface area contributed by atoms with Gasteiger partial charge in [0.05, 0.1) is 5.75 Å². The fourth-order valence-corrected chi connectivity index (χ4v) is 3.50. The van der Waals surface area contributed by atoms with Gasteiger partial charge in [0, 0.05) is 12.0 Å². The first-order valence-corrected chi connectivity index (χ1v) is 9.60. The Morgan fingerprint density at radius 2 is 1.93 bits per heavy atom. The lowest BCUT2D eigenvalue weighted by atomic mass is 9.98. The maximum atomic E-state index is 12.4. The number of thioether (sulfide) groups is 1. The first-order chi connectivity index (χ1) is 13.2. The van der Waals surface area contributed by atoms with Crippen LogP contribution in [0.5, 0.6) is 11.5 Å². The Bertz CT molecular complexity index is 942. The highest BCUT2D eigenvalue weighted by atomic mass is 32.2. The first kappa shape index (κ1) is 17.6. The van der Waals surface area contributed by atoms with E-state index in [-0.39, 0.29) is 24.2 Å². The topological polar surface area (TPSA) is 74.5 Å². The van der Waals surface area contributed by atoms with Crippen LogP contribution in [0.4, 0.5) is 0 Å². The molecule has 138 valence electrons. The molecule has 2 heterocycles. The lowest BCUT2D eigenvalue weighted by Gasteiger charge is -2.08. The van der Waals surface area contributed by atoms with Gasteiger partial charge in [-0.25, -0.2) is 0 Å². The Kier molecular flexibility index (Phi) is 5.11. The van der Waals surface area contributed by atoms with Gasteiger partial charge in [-0.3, -0.25) is 4.79 Å². The normalized spacial score (nSPS) is 13.5. The van der Waals surface area contributed by atoms with E-state index in [1.165, 1.54) is 17.3 Å². The summed E-state index contributed by atoms with van der Waals surface area (Å²) in [5.74, 6) is 2.30. The van der Waals surface area contributed by atoms with Crippen molar-refractivity contribution in [2.24, 2.45) is 0 Å². The van der Waals surface area contributed by atoms with Crippen molar-refractivity contribution in [3.8, 4) is 11.5 Å². The van der Waals surface area contributed by atoms with Crippen LogP contribution in [0.15, 0.2) is 58.2 Å². The number of benzene rings is 2. The van der Waals surface area contributed by atoms with Gasteiger partial charge in [-0.15, -0.1) is 10.2 Å². The van der Waals surface area contributed by atoms with E-state index in [1.54, 1.807) is 18.2 Å². The van der Waals surface area contributed by atoms with E-state index in [9.17, 15) is 4.79 Å². The maximum Gasteiger partial charge on any atom is 0.277 e.